The molecule has 92 valence electrons. The van der Waals surface area contributed by atoms with Gasteiger partial charge >= 0.3 is 5.69 Å². The summed E-state index contributed by atoms with van der Waals surface area (Å²) in [5.74, 6) is 0.0103. The molecule has 2 rings (SSSR count). The molecule has 0 radical (unpaired) electrons. The molecule has 0 unspecified atom stereocenters. The monoisotopic (exact) mass is 255 g/mol. The van der Waals surface area contributed by atoms with E-state index < -0.39 is 10.0 Å². The van der Waals surface area contributed by atoms with E-state index in [4.69, 9.17) is 0 Å². The Morgan fingerprint density at radius 1 is 1.41 bits per heavy atom. The number of aromatic nitrogens is 2. The van der Waals surface area contributed by atoms with Crippen LogP contribution < -0.4 is 10.4 Å². The Kier molecular flexibility index (Phi) is 2.70. The molecule has 0 aliphatic carbocycles. The van der Waals surface area contributed by atoms with E-state index in [1.807, 2.05) is 0 Å². The van der Waals surface area contributed by atoms with Crippen molar-refractivity contribution in [3.05, 3.63) is 28.7 Å². The highest BCUT2D eigenvalue weighted by Gasteiger charge is 2.08. The van der Waals surface area contributed by atoms with Crippen LogP contribution in [0.2, 0.25) is 0 Å². The van der Waals surface area contributed by atoms with Crippen molar-refractivity contribution in [3.8, 4) is 0 Å². The van der Waals surface area contributed by atoms with Crippen molar-refractivity contribution in [2.24, 2.45) is 7.05 Å². The fourth-order valence-electron chi connectivity index (χ4n) is 1.55. The minimum atomic E-state index is -3.29. The summed E-state index contributed by atoms with van der Waals surface area (Å²) < 4.78 is 26.7. The zero-order valence-electron chi connectivity index (χ0n) is 9.52. The largest absolute Gasteiger partial charge is 0.326 e. The normalized spacial score (nSPS) is 11.9. The first kappa shape index (κ1) is 11.7. The molecule has 17 heavy (non-hydrogen) atoms. The third-order valence-electron chi connectivity index (χ3n) is 2.56. The summed E-state index contributed by atoms with van der Waals surface area (Å²) in [6.07, 6.45) is 0. The first-order chi connectivity index (χ1) is 7.93. The molecule has 0 fully saturated rings. The molecule has 0 aliphatic rings. The molecule has 0 amide bonds. The fraction of sp³-hybridized carbons (Fsp3) is 0.300. The van der Waals surface area contributed by atoms with Crippen LogP contribution in [0.3, 0.4) is 0 Å². The SMILES string of the molecule is CCS(=O)(=O)Nc1ccc2c(c1)[nH]c(=O)n2C. The highest BCUT2D eigenvalue weighted by molar-refractivity contribution is 7.92. The van der Waals surface area contributed by atoms with Crippen LogP contribution in [0.5, 0.6) is 0 Å². The maximum absolute atomic E-state index is 11.4. The number of benzene rings is 1. The second-order valence-corrected chi connectivity index (χ2v) is 5.74. The molecule has 0 saturated carbocycles. The van der Waals surface area contributed by atoms with Gasteiger partial charge in [-0.05, 0) is 25.1 Å². The predicted octanol–water partition coefficient (Wildman–Crippen LogP) is 0.628. The van der Waals surface area contributed by atoms with Gasteiger partial charge in [0.2, 0.25) is 10.0 Å². The average Bonchev–Trinajstić information content (AvgIpc) is 2.54. The summed E-state index contributed by atoms with van der Waals surface area (Å²) in [6.45, 7) is 1.56. The van der Waals surface area contributed by atoms with Crippen LogP contribution in [-0.4, -0.2) is 23.7 Å². The number of aryl methyl sites for hydroxylation is 1. The molecular weight excluding hydrogens is 242 g/mol. The van der Waals surface area contributed by atoms with Crippen molar-refractivity contribution in [3.63, 3.8) is 0 Å². The molecule has 2 N–H and O–H groups in total. The lowest BCUT2D eigenvalue weighted by Crippen LogP contribution is -2.14. The number of nitrogens with zero attached hydrogens (tertiary/aromatic N) is 1. The molecule has 0 bridgehead atoms. The number of rotatable bonds is 3. The van der Waals surface area contributed by atoms with E-state index in [9.17, 15) is 13.2 Å². The smallest absolute Gasteiger partial charge is 0.305 e. The van der Waals surface area contributed by atoms with Crippen LogP contribution in [0.4, 0.5) is 5.69 Å². The van der Waals surface area contributed by atoms with Gasteiger partial charge in [-0.25, -0.2) is 13.2 Å². The lowest BCUT2D eigenvalue weighted by atomic mass is 10.3. The average molecular weight is 255 g/mol. The third kappa shape index (κ3) is 2.19. The molecule has 0 aliphatic heterocycles. The number of sulfonamides is 1. The topological polar surface area (TPSA) is 84.0 Å². The molecule has 0 spiro atoms. The first-order valence-electron chi connectivity index (χ1n) is 5.12. The van der Waals surface area contributed by atoms with Gasteiger partial charge in [0, 0.05) is 7.05 Å². The van der Waals surface area contributed by atoms with Crippen molar-refractivity contribution in [2.45, 2.75) is 6.92 Å². The highest BCUT2D eigenvalue weighted by atomic mass is 32.2. The van der Waals surface area contributed by atoms with E-state index >= 15 is 0 Å². The van der Waals surface area contributed by atoms with Gasteiger partial charge in [0.1, 0.15) is 0 Å². The molecule has 0 saturated heterocycles. The van der Waals surface area contributed by atoms with Crippen molar-refractivity contribution in [1.82, 2.24) is 9.55 Å². The van der Waals surface area contributed by atoms with Gasteiger partial charge in [-0.1, -0.05) is 0 Å². The van der Waals surface area contributed by atoms with Crippen LogP contribution in [0.15, 0.2) is 23.0 Å². The summed E-state index contributed by atoms with van der Waals surface area (Å²) in [7, 11) is -1.64. The van der Waals surface area contributed by atoms with Crippen LogP contribution in [-0.2, 0) is 17.1 Å². The van der Waals surface area contributed by atoms with Gasteiger partial charge in [0.15, 0.2) is 0 Å². The van der Waals surface area contributed by atoms with Gasteiger partial charge in [-0.15, -0.1) is 0 Å². The van der Waals surface area contributed by atoms with Crippen LogP contribution in [0.25, 0.3) is 11.0 Å². The maximum Gasteiger partial charge on any atom is 0.326 e. The van der Waals surface area contributed by atoms with E-state index in [1.165, 1.54) is 4.57 Å². The van der Waals surface area contributed by atoms with E-state index in [1.54, 1.807) is 32.2 Å². The fourth-order valence-corrected chi connectivity index (χ4v) is 2.18. The molecule has 1 heterocycles. The van der Waals surface area contributed by atoms with Gasteiger partial charge in [0.05, 0.1) is 22.5 Å². The number of imidazole rings is 1. The Morgan fingerprint density at radius 3 is 2.76 bits per heavy atom. The number of anilines is 1. The minimum absolute atomic E-state index is 0.0103. The van der Waals surface area contributed by atoms with Gasteiger partial charge in [-0.2, -0.15) is 0 Å². The molecule has 6 nitrogen and oxygen atoms in total. The Labute approximate surface area is 98.3 Å². The number of nitrogens with one attached hydrogen (secondary N) is 2. The molecule has 2 aromatic rings. The summed E-state index contributed by atoms with van der Waals surface area (Å²) in [5, 5.41) is 0. The Morgan fingerprint density at radius 2 is 2.12 bits per heavy atom. The summed E-state index contributed by atoms with van der Waals surface area (Å²) in [4.78, 5) is 14.0. The van der Waals surface area contributed by atoms with E-state index in [0.29, 0.717) is 11.2 Å². The molecular formula is C10H13N3O3S. The van der Waals surface area contributed by atoms with E-state index in [-0.39, 0.29) is 11.4 Å². The van der Waals surface area contributed by atoms with Crippen LogP contribution in [0, 0.1) is 0 Å². The van der Waals surface area contributed by atoms with Crippen LogP contribution >= 0.6 is 0 Å². The number of hydrogen-bond acceptors (Lipinski definition) is 3. The second kappa shape index (κ2) is 3.92. The number of hydrogen-bond donors (Lipinski definition) is 2. The molecule has 1 aromatic heterocycles. The summed E-state index contributed by atoms with van der Waals surface area (Å²) >= 11 is 0. The van der Waals surface area contributed by atoms with Crippen molar-refractivity contribution < 1.29 is 8.42 Å². The van der Waals surface area contributed by atoms with Crippen molar-refractivity contribution in [2.75, 3.05) is 10.5 Å². The van der Waals surface area contributed by atoms with E-state index in [0.717, 1.165) is 5.52 Å². The zero-order valence-corrected chi connectivity index (χ0v) is 10.3. The summed E-state index contributed by atoms with van der Waals surface area (Å²) in [6, 6.07) is 4.92. The van der Waals surface area contributed by atoms with Crippen LogP contribution in [0.1, 0.15) is 6.92 Å². The highest BCUT2D eigenvalue weighted by Crippen LogP contribution is 2.16. The predicted molar refractivity (Wildman–Crippen MR) is 66.6 cm³/mol. The lowest BCUT2D eigenvalue weighted by molar-refractivity contribution is 0.602. The zero-order chi connectivity index (χ0) is 12.6. The Hall–Kier alpha value is -1.76. The summed E-state index contributed by atoms with van der Waals surface area (Å²) in [5.41, 5.74) is 1.56. The molecule has 1 aromatic carbocycles. The maximum atomic E-state index is 11.4. The number of aromatic amines is 1. The number of fused-ring (bicyclic) bond motifs is 1. The Bertz CT molecular complexity index is 712. The van der Waals surface area contributed by atoms with Gasteiger partial charge in [-0.3, -0.25) is 9.29 Å². The van der Waals surface area contributed by atoms with Gasteiger partial charge in [0.25, 0.3) is 0 Å². The second-order valence-electron chi connectivity index (χ2n) is 3.73. The quantitative estimate of drug-likeness (QED) is 0.843. The Balaban J connectivity index is 2.49. The first-order valence-corrected chi connectivity index (χ1v) is 6.77. The van der Waals surface area contributed by atoms with Gasteiger partial charge < -0.3 is 4.98 Å². The molecule has 0 atom stereocenters. The standard InChI is InChI=1S/C10H13N3O3S/c1-3-17(15,16)12-7-4-5-9-8(6-7)11-10(14)13(9)2/h4-6,12H,3H2,1-2H3,(H,11,14). The van der Waals surface area contributed by atoms with Crippen molar-refractivity contribution >= 4 is 26.7 Å². The third-order valence-corrected chi connectivity index (χ3v) is 3.86. The van der Waals surface area contributed by atoms with Crippen molar-refractivity contribution in [1.29, 1.82) is 0 Å². The molecule has 7 heteroatoms. The lowest BCUT2D eigenvalue weighted by Gasteiger charge is -2.05. The minimum Gasteiger partial charge on any atom is -0.305 e. The van der Waals surface area contributed by atoms with E-state index in [2.05, 4.69) is 9.71 Å². The number of H-pyrrole nitrogens is 1.